The van der Waals surface area contributed by atoms with Crippen molar-refractivity contribution in [1.29, 1.82) is 0 Å². The summed E-state index contributed by atoms with van der Waals surface area (Å²) in [5, 5.41) is 9.77. The number of hydrogen-bond acceptors (Lipinski definition) is 8. The molecule has 176 valence electrons. The number of nitrogens with zero attached hydrogens (tertiary/aromatic N) is 2. The Morgan fingerprint density at radius 2 is 1.91 bits per heavy atom. The van der Waals surface area contributed by atoms with E-state index in [4.69, 9.17) is 14.2 Å². The zero-order valence-electron chi connectivity index (χ0n) is 19.0. The molecule has 1 N–H and O–H groups in total. The Kier molecular flexibility index (Phi) is 6.83. The minimum absolute atomic E-state index is 0.102. The summed E-state index contributed by atoms with van der Waals surface area (Å²) >= 11 is 1.20. The molecule has 0 fully saturated rings. The van der Waals surface area contributed by atoms with E-state index in [9.17, 15) is 14.7 Å². The average Bonchev–Trinajstić information content (AvgIpc) is 3.14. The summed E-state index contributed by atoms with van der Waals surface area (Å²) in [6.45, 7) is 4.64. The predicted molar refractivity (Wildman–Crippen MR) is 128 cm³/mol. The Morgan fingerprint density at radius 3 is 2.62 bits per heavy atom. The third kappa shape index (κ3) is 4.47. The molecule has 1 aliphatic heterocycles. The number of rotatable bonds is 7. The molecule has 8 nitrogen and oxygen atoms in total. The van der Waals surface area contributed by atoms with Gasteiger partial charge in [-0.25, -0.2) is 9.79 Å². The largest absolute Gasteiger partial charge is 0.508 e. The molecule has 0 bridgehead atoms. The van der Waals surface area contributed by atoms with Gasteiger partial charge in [0.25, 0.3) is 5.56 Å². The zero-order chi connectivity index (χ0) is 24.2. The lowest BCUT2D eigenvalue weighted by molar-refractivity contribution is -0.136. The van der Waals surface area contributed by atoms with Crippen LogP contribution >= 0.6 is 11.3 Å². The van der Waals surface area contributed by atoms with Crippen LogP contribution in [0.2, 0.25) is 0 Å². The lowest BCUT2D eigenvalue weighted by Crippen LogP contribution is -2.39. The standard InChI is InChI=1S/C25H24N2O6S/c1-4-32-19-10-9-16(13-20(19)33-5-2)22-18(24(30)31-3)14-26-25-27(22)23(29)21(34-25)12-15-7-6-8-17(28)11-15/h6-14,22,28H,4-5H2,1-3H3/b21-12-/t22-/m0/s1. The van der Waals surface area contributed by atoms with Gasteiger partial charge in [-0.2, -0.15) is 0 Å². The van der Waals surface area contributed by atoms with Crippen LogP contribution in [0.4, 0.5) is 0 Å². The topological polar surface area (TPSA) is 99.4 Å². The molecule has 0 radical (unpaired) electrons. The summed E-state index contributed by atoms with van der Waals surface area (Å²) < 4.78 is 18.3. The maximum Gasteiger partial charge on any atom is 0.337 e. The van der Waals surface area contributed by atoms with Gasteiger partial charge in [-0.05, 0) is 55.3 Å². The van der Waals surface area contributed by atoms with E-state index in [0.29, 0.717) is 45.2 Å². The van der Waals surface area contributed by atoms with E-state index in [-0.39, 0.29) is 16.9 Å². The molecule has 3 aromatic rings. The van der Waals surface area contributed by atoms with Gasteiger partial charge in [0, 0.05) is 6.20 Å². The number of carbonyl (C=O) groups excluding carboxylic acids is 1. The molecule has 0 unspecified atom stereocenters. The number of esters is 1. The molecule has 2 heterocycles. The van der Waals surface area contributed by atoms with Gasteiger partial charge in [-0.3, -0.25) is 9.36 Å². The van der Waals surface area contributed by atoms with Gasteiger partial charge in [0.15, 0.2) is 16.3 Å². The van der Waals surface area contributed by atoms with Gasteiger partial charge >= 0.3 is 5.97 Å². The first-order chi connectivity index (χ1) is 16.5. The number of ether oxygens (including phenoxy) is 3. The number of fused-ring (bicyclic) bond motifs is 1. The van der Waals surface area contributed by atoms with E-state index >= 15 is 0 Å². The number of phenols is 1. The number of aromatic nitrogens is 1. The number of aromatic hydroxyl groups is 1. The number of benzene rings is 2. The highest BCUT2D eigenvalue weighted by molar-refractivity contribution is 7.07. The summed E-state index contributed by atoms with van der Waals surface area (Å²) in [4.78, 5) is 30.9. The molecular weight excluding hydrogens is 456 g/mol. The molecule has 0 aliphatic carbocycles. The van der Waals surface area contributed by atoms with Crippen LogP contribution in [0, 0.1) is 0 Å². The predicted octanol–water partition coefficient (Wildman–Crippen LogP) is 2.52. The molecule has 9 heteroatoms. The first-order valence-electron chi connectivity index (χ1n) is 10.7. The second-order valence-electron chi connectivity index (χ2n) is 7.34. The van der Waals surface area contributed by atoms with Gasteiger partial charge in [0.2, 0.25) is 0 Å². The first kappa shape index (κ1) is 23.3. The third-order valence-electron chi connectivity index (χ3n) is 5.18. The van der Waals surface area contributed by atoms with Crippen LogP contribution in [0.25, 0.3) is 6.08 Å². The molecule has 4 rings (SSSR count). The van der Waals surface area contributed by atoms with Gasteiger partial charge in [0.05, 0.1) is 36.5 Å². The van der Waals surface area contributed by atoms with Crippen LogP contribution in [-0.4, -0.2) is 36.0 Å². The number of thiazole rings is 1. The fraction of sp³-hybridized carbons (Fsp3) is 0.240. The quantitative estimate of drug-likeness (QED) is 0.522. The number of methoxy groups -OCH3 is 1. The molecule has 1 aliphatic rings. The van der Waals surface area contributed by atoms with E-state index in [2.05, 4.69) is 4.99 Å². The summed E-state index contributed by atoms with van der Waals surface area (Å²) in [6, 6.07) is 11.2. The number of phenolic OH excluding ortho intramolecular Hbond substituents is 1. The smallest absolute Gasteiger partial charge is 0.337 e. The summed E-state index contributed by atoms with van der Waals surface area (Å²) in [6.07, 6.45) is 3.13. The lowest BCUT2D eigenvalue weighted by Gasteiger charge is -2.23. The molecule has 1 atom stereocenters. The second-order valence-corrected chi connectivity index (χ2v) is 8.35. The number of carbonyl (C=O) groups is 1. The Hall–Kier alpha value is -3.85. The fourth-order valence-corrected chi connectivity index (χ4v) is 4.72. The molecule has 2 aromatic carbocycles. The van der Waals surface area contributed by atoms with Crippen LogP contribution in [-0.2, 0) is 9.53 Å². The second kappa shape index (κ2) is 9.96. The molecular formula is C25H24N2O6S. The van der Waals surface area contributed by atoms with Gasteiger partial charge in [-0.1, -0.05) is 29.5 Å². The van der Waals surface area contributed by atoms with Crippen molar-refractivity contribution >= 4 is 23.4 Å². The number of hydrogen-bond donors (Lipinski definition) is 1. The van der Waals surface area contributed by atoms with Crippen molar-refractivity contribution in [3.63, 3.8) is 0 Å². The van der Waals surface area contributed by atoms with E-state index < -0.39 is 12.0 Å². The Bertz CT molecular complexity index is 1440. The maximum atomic E-state index is 13.5. The minimum Gasteiger partial charge on any atom is -0.508 e. The van der Waals surface area contributed by atoms with Crippen LogP contribution < -0.4 is 24.4 Å². The average molecular weight is 481 g/mol. The van der Waals surface area contributed by atoms with Crippen molar-refractivity contribution in [3.8, 4) is 17.2 Å². The lowest BCUT2D eigenvalue weighted by atomic mass is 9.97. The van der Waals surface area contributed by atoms with E-state index in [1.54, 1.807) is 48.5 Å². The maximum absolute atomic E-state index is 13.5. The van der Waals surface area contributed by atoms with Crippen LogP contribution in [0.15, 0.2) is 64.0 Å². The van der Waals surface area contributed by atoms with E-state index in [1.165, 1.54) is 29.2 Å². The SMILES string of the molecule is CCOc1ccc([C@H]2C(C(=O)OC)=CN=c3s/c(=C\c4cccc(O)c4)c(=O)n32)cc1OCC. The fourth-order valence-electron chi connectivity index (χ4n) is 3.75. The Morgan fingerprint density at radius 1 is 1.15 bits per heavy atom. The molecule has 0 amide bonds. The van der Waals surface area contributed by atoms with Crippen LogP contribution in [0.1, 0.15) is 31.0 Å². The summed E-state index contributed by atoms with van der Waals surface area (Å²) in [5.74, 6) is 0.617. The molecule has 0 saturated heterocycles. The van der Waals surface area contributed by atoms with Crippen molar-refractivity contribution in [1.82, 2.24) is 4.57 Å². The first-order valence-corrected chi connectivity index (χ1v) is 11.6. The molecule has 34 heavy (non-hydrogen) atoms. The van der Waals surface area contributed by atoms with Gasteiger partial charge in [0.1, 0.15) is 5.75 Å². The Labute approximate surface area is 199 Å². The highest BCUT2D eigenvalue weighted by atomic mass is 32.1. The summed E-state index contributed by atoms with van der Waals surface area (Å²) in [5.41, 5.74) is 1.25. The van der Waals surface area contributed by atoms with Crippen LogP contribution in [0.3, 0.4) is 0 Å². The molecule has 0 saturated carbocycles. The van der Waals surface area contributed by atoms with E-state index in [0.717, 1.165) is 0 Å². The Balaban J connectivity index is 1.91. The normalized spacial score (nSPS) is 15.2. The zero-order valence-corrected chi connectivity index (χ0v) is 19.8. The van der Waals surface area contributed by atoms with Gasteiger partial charge in [-0.15, -0.1) is 0 Å². The van der Waals surface area contributed by atoms with Crippen molar-refractivity contribution in [2.24, 2.45) is 4.99 Å². The van der Waals surface area contributed by atoms with Crippen LogP contribution in [0.5, 0.6) is 17.2 Å². The minimum atomic E-state index is -0.759. The van der Waals surface area contributed by atoms with Gasteiger partial charge < -0.3 is 19.3 Å². The molecule has 1 aromatic heterocycles. The van der Waals surface area contributed by atoms with Crippen molar-refractivity contribution < 1.29 is 24.1 Å². The van der Waals surface area contributed by atoms with E-state index in [1.807, 2.05) is 13.8 Å². The third-order valence-corrected chi connectivity index (χ3v) is 6.17. The highest BCUT2D eigenvalue weighted by Crippen LogP contribution is 2.35. The monoisotopic (exact) mass is 480 g/mol. The summed E-state index contributed by atoms with van der Waals surface area (Å²) in [7, 11) is 1.29. The van der Waals surface area contributed by atoms with Crippen molar-refractivity contribution in [3.05, 3.63) is 85.1 Å². The van der Waals surface area contributed by atoms with Crippen molar-refractivity contribution in [2.45, 2.75) is 19.9 Å². The molecule has 0 spiro atoms. The van der Waals surface area contributed by atoms with Crippen molar-refractivity contribution in [2.75, 3.05) is 20.3 Å². The highest BCUT2D eigenvalue weighted by Gasteiger charge is 2.31.